The molecule has 1 aliphatic rings. The van der Waals surface area contributed by atoms with Gasteiger partial charge in [0.1, 0.15) is 22.9 Å². The molecule has 1 saturated carbocycles. The average molecular weight is 480 g/mol. The minimum Gasteiger partial charge on any atom is -0.455 e. The first-order valence-electron chi connectivity index (χ1n) is 11.1. The lowest BCUT2D eigenvalue weighted by molar-refractivity contribution is -0.385. The molecular formula is C25H25FN4O5. The molecule has 35 heavy (non-hydrogen) atoms. The van der Waals surface area contributed by atoms with Crippen LogP contribution in [0.25, 0.3) is 0 Å². The van der Waals surface area contributed by atoms with E-state index in [0.29, 0.717) is 5.56 Å². The number of amides is 1. The summed E-state index contributed by atoms with van der Waals surface area (Å²) in [6.07, 6.45) is 1.65. The Morgan fingerprint density at radius 3 is 2.51 bits per heavy atom. The van der Waals surface area contributed by atoms with Gasteiger partial charge in [-0.1, -0.05) is 12.1 Å². The number of rotatable bonds is 7. The number of hydrogen-bond donors (Lipinski definition) is 2. The second kappa shape index (κ2) is 9.21. The third-order valence-electron chi connectivity index (χ3n) is 5.95. The smallest absolute Gasteiger partial charge is 0.276 e. The van der Waals surface area contributed by atoms with Crippen molar-refractivity contribution in [1.82, 2.24) is 9.88 Å². The molecule has 182 valence electrons. The lowest BCUT2D eigenvalue weighted by Crippen LogP contribution is -2.31. The molecule has 3 aromatic rings. The highest BCUT2D eigenvalue weighted by atomic mass is 19.1. The van der Waals surface area contributed by atoms with E-state index < -0.39 is 22.2 Å². The minimum atomic E-state index is -0.552. The van der Waals surface area contributed by atoms with E-state index in [2.05, 4.69) is 10.6 Å². The molecule has 1 amide bonds. The molecule has 1 fully saturated rings. The van der Waals surface area contributed by atoms with Gasteiger partial charge in [0.2, 0.25) is 0 Å². The molecule has 4 rings (SSSR count). The van der Waals surface area contributed by atoms with Crippen molar-refractivity contribution < 1.29 is 18.8 Å². The fraction of sp³-hybridized carbons (Fsp3) is 0.280. The quantitative estimate of drug-likeness (QED) is 0.371. The summed E-state index contributed by atoms with van der Waals surface area (Å²) in [5, 5.41) is 17.2. The molecule has 1 heterocycles. The molecule has 9 nitrogen and oxygen atoms in total. The number of anilines is 2. The fourth-order valence-electron chi connectivity index (χ4n) is 3.75. The molecule has 0 aliphatic heterocycles. The van der Waals surface area contributed by atoms with E-state index in [1.165, 1.54) is 55.8 Å². The molecule has 0 atom stereocenters. The predicted octanol–water partition coefficient (Wildman–Crippen LogP) is 4.79. The van der Waals surface area contributed by atoms with Gasteiger partial charge in [-0.2, -0.15) is 0 Å². The molecule has 0 radical (unpaired) electrons. The predicted molar refractivity (Wildman–Crippen MR) is 129 cm³/mol. The van der Waals surface area contributed by atoms with Crippen LogP contribution in [0, 0.1) is 36.7 Å². The third kappa shape index (κ3) is 4.72. The summed E-state index contributed by atoms with van der Waals surface area (Å²) in [5.74, 6) is -0.934. The van der Waals surface area contributed by atoms with Gasteiger partial charge in [0.05, 0.1) is 21.7 Å². The van der Waals surface area contributed by atoms with Gasteiger partial charge in [0.25, 0.3) is 17.2 Å². The van der Waals surface area contributed by atoms with Crippen LogP contribution in [0.15, 0.2) is 41.2 Å². The van der Waals surface area contributed by atoms with Gasteiger partial charge in [-0.25, -0.2) is 4.39 Å². The zero-order valence-corrected chi connectivity index (χ0v) is 19.8. The number of ether oxygens (including phenoxy) is 1. The number of pyridine rings is 1. The summed E-state index contributed by atoms with van der Waals surface area (Å²) in [6, 6.07) is 8.87. The molecule has 0 saturated heterocycles. The number of nitro benzene ring substituents is 1. The van der Waals surface area contributed by atoms with E-state index in [0.717, 1.165) is 12.8 Å². The second-order valence-corrected chi connectivity index (χ2v) is 8.66. The topological polar surface area (TPSA) is 116 Å². The largest absolute Gasteiger partial charge is 0.455 e. The molecule has 1 aliphatic carbocycles. The number of halogens is 1. The Hall–Kier alpha value is -4.21. The van der Waals surface area contributed by atoms with E-state index >= 15 is 0 Å². The summed E-state index contributed by atoms with van der Waals surface area (Å²) < 4.78 is 21.9. The van der Waals surface area contributed by atoms with Crippen molar-refractivity contribution >= 4 is 23.1 Å². The van der Waals surface area contributed by atoms with Gasteiger partial charge in [-0.3, -0.25) is 24.3 Å². The summed E-state index contributed by atoms with van der Waals surface area (Å²) in [4.78, 5) is 37.4. The van der Waals surface area contributed by atoms with Gasteiger partial charge in [0, 0.05) is 19.2 Å². The van der Waals surface area contributed by atoms with E-state index in [1.807, 2.05) is 0 Å². The minimum absolute atomic E-state index is 0.00220. The maximum Gasteiger partial charge on any atom is 0.276 e. The second-order valence-electron chi connectivity index (χ2n) is 8.66. The number of nitro groups is 1. The Kier molecular flexibility index (Phi) is 6.29. The molecule has 10 heteroatoms. The van der Waals surface area contributed by atoms with Crippen molar-refractivity contribution in [1.29, 1.82) is 0 Å². The van der Waals surface area contributed by atoms with Crippen LogP contribution < -0.4 is 20.9 Å². The third-order valence-corrected chi connectivity index (χ3v) is 5.95. The Morgan fingerprint density at radius 2 is 1.89 bits per heavy atom. The molecule has 0 unspecified atom stereocenters. The monoisotopic (exact) mass is 480 g/mol. The standard InChI is InChI=1S/C25H25FN4O5/c1-13-8-11-18(17(26)12-13)28-23-21(24(31)27-16-9-10-16)22(15(3)25(32)29(23)4)35-20-7-5-6-19(14(20)2)30(33)34/h5-8,11-12,16,28H,9-10H2,1-4H3,(H,27,31). The van der Waals surface area contributed by atoms with Crippen LogP contribution in [0.2, 0.25) is 0 Å². The van der Waals surface area contributed by atoms with Gasteiger partial charge in [-0.15, -0.1) is 0 Å². The number of carbonyl (C=O) groups is 1. The Bertz CT molecular complexity index is 1410. The molecule has 2 N–H and O–H groups in total. The van der Waals surface area contributed by atoms with Crippen LogP contribution in [-0.4, -0.2) is 21.4 Å². The van der Waals surface area contributed by atoms with Crippen molar-refractivity contribution in [2.75, 3.05) is 5.32 Å². The first kappa shape index (κ1) is 23.9. The first-order chi connectivity index (χ1) is 16.6. The fourth-order valence-corrected chi connectivity index (χ4v) is 3.75. The van der Waals surface area contributed by atoms with Crippen molar-refractivity contribution in [2.24, 2.45) is 7.05 Å². The number of aromatic nitrogens is 1. The van der Waals surface area contributed by atoms with Gasteiger partial charge >= 0.3 is 0 Å². The maximum absolute atomic E-state index is 14.7. The number of nitrogens with one attached hydrogen (secondary N) is 2. The van der Waals surface area contributed by atoms with Gasteiger partial charge in [0.15, 0.2) is 5.75 Å². The molecular weight excluding hydrogens is 455 g/mol. The SMILES string of the molecule is Cc1ccc(Nc2c(C(=O)NC3CC3)c(Oc3cccc([N+](=O)[O-])c3C)c(C)c(=O)n2C)c(F)c1. The summed E-state index contributed by atoms with van der Waals surface area (Å²) in [6.45, 7) is 4.78. The highest BCUT2D eigenvalue weighted by Gasteiger charge is 2.31. The van der Waals surface area contributed by atoms with Crippen LogP contribution in [0.5, 0.6) is 11.5 Å². The highest BCUT2D eigenvalue weighted by molar-refractivity contribution is 6.03. The number of aryl methyl sites for hydroxylation is 1. The molecule has 0 bridgehead atoms. The van der Waals surface area contributed by atoms with Gasteiger partial charge in [-0.05, 0) is 57.4 Å². The Balaban J connectivity index is 1.91. The zero-order valence-electron chi connectivity index (χ0n) is 19.8. The number of nitrogens with zero attached hydrogens (tertiary/aromatic N) is 2. The highest BCUT2D eigenvalue weighted by Crippen LogP contribution is 2.37. The van der Waals surface area contributed by atoms with Gasteiger partial charge < -0.3 is 15.4 Å². The van der Waals surface area contributed by atoms with E-state index in [9.17, 15) is 24.1 Å². The first-order valence-corrected chi connectivity index (χ1v) is 11.1. The van der Waals surface area contributed by atoms with E-state index in [-0.39, 0.29) is 51.4 Å². The van der Waals surface area contributed by atoms with E-state index in [1.54, 1.807) is 13.0 Å². The molecule has 1 aromatic heterocycles. The van der Waals surface area contributed by atoms with Crippen LogP contribution in [0.1, 0.15) is 39.9 Å². The zero-order chi connectivity index (χ0) is 25.4. The van der Waals surface area contributed by atoms with Crippen LogP contribution in [0.4, 0.5) is 21.6 Å². The molecule has 0 spiro atoms. The average Bonchev–Trinajstić information content (AvgIpc) is 3.62. The van der Waals surface area contributed by atoms with E-state index in [4.69, 9.17) is 4.74 Å². The lowest BCUT2D eigenvalue weighted by atomic mass is 10.1. The lowest BCUT2D eigenvalue weighted by Gasteiger charge is -2.21. The number of benzene rings is 2. The maximum atomic E-state index is 14.7. The van der Waals surface area contributed by atoms with Crippen molar-refractivity contribution in [3.8, 4) is 11.5 Å². The summed E-state index contributed by atoms with van der Waals surface area (Å²) in [7, 11) is 1.47. The van der Waals surface area contributed by atoms with Crippen molar-refractivity contribution in [2.45, 2.75) is 39.7 Å². The van der Waals surface area contributed by atoms with Crippen LogP contribution >= 0.6 is 0 Å². The summed E-state index contributed by atoms with van der Waals surface area (Å²) >= 11 is 0. The number of hydrogen-bond acceptors (Lipinski definition) is 6. The normalized spacial score (nSPS) is 12.8. The van der Waals surface area contributed by atoms with Crippen molar-refractivity contribution in [3.63, 3.8) is 0 Å². The van der Waals surface area contributed by atoms with Crippen LogP contribution in [-0.2, 0) is 7.05 Å². The number of carbonyl (C=O) groups excluding carboxylic acids is 1. The Morgan fingerprint density at radius 1 is 1.17 bits per heavy atom. The Labute approximate surface area is 200 Å². The van der Waals surface area contributed by atoms with Crippen LogP contribution in [0.3, 0.4) is 0 Å². The summed E-state index contributed by atoms with van der Waals surface area (Å²) in [5.41, 5.74) is 0.533. The van der Waals surface area contributed by atoms with Crippen molar-refractivity contribution in [3.05, 3.63) is 84.9 Å². The molecule has 2 aromatic carbocycles.